The number of anilines is 1. The predicted octanol–water partition coefficient (Wildman–Crippen LogP) is 3.52. The monoisotopic (exact) mass is 598 g/mol. The van der Waals surface area contributed by atoms with Crippen molar-refractivity contribution in [2.24, 2.45) is 5.73 Å². The summed E-state index contributed by atoms with van der Waals surface area (Å²) in [6, 6.07) is 9.74. The Balaban J connectivity index is 0.000000514. The van der Waals surface area contributed by atoms with Crippen molar-refractivity contribution in [3.63, 3.8) is 0 Å². The van der Waals surface area contributed by atoms with Gasteiger partial charge < -0.3 is 21.5 Å². The van der Waals surface area contributed by atoms with Gasteiger partial charge in [0, 0.05) is 29.1 Å². The molecule has 2 aliphatic rings. The SMILES string of the molecule is CC1(C)Cc2[c-]c(OC3CCC(N)CC3)ccc2-c2ncnc(N)c21.C[N-]CC#N.[Os+]. The van der Waals surface area contributed by atoms with Crippen molar-refractivity contribution in [1.82, 2.24) is 9.97 Å². The van der Waals surface area contributed by atoms with Crippen molar-refractivity contribution < 1.29 is 24.5 Å². The number of fused-ring (bicyclic) bond motifs is 3. The number of aromatic nitrogens is 2. The van der Waals surface area contributed by atoms with Crippen LogP contribution in [0, 0.1) is 17.4 Å². The molecule has 1 saturated carbocycles. The van der Waals surface area contributed by atoms with E-state index >= 15 is 0 Å². The van der Waals surface area contributed by atoms with Gasteiger partial charge in [-0.15, -0.1) is 23.3 Å². The molecule has 1 aromatic carbocycles. The van der Waals surface area contributed by atoms with Crippen LogP contribution < -0.4 is 16.2 Å². The van der Waals surface area contributed by atoms with E-state index in [1.54, 1.807) is 7.05 Å². The van der Waals surface area contributed by atoms with Gasteiger partial charge in [-0.05, 0) is 37.5 Å². The van der Waals surface area contributed by atoms with Crippen LogP contribution in [0.1, 0.15) is 50.7 Å². The van der Waals surface area contributed by atoms with E-state index in [2.05, 4.69) is 41.3 Å². The summed E-state index contributed by atoms with van der Waals surface area (Å²) < 4.78 is 6.18. The van der Waals surface area contributed by atoms with E-state index in [9.17, 15) is 0 Å². The molecular weight excluding hydrogens is 567 g/mol. The molecule has 167 valence electrons. The van der Waals surface area contributed by atoms with Crippen molar-refractivity contribution in [2.45, 2.75) is 63.5 Å². The second kappa shape index (κ2) is 11.0. The number of benzene rings is 1. The van der Waals surface area contributed by atoms with E-state index in [1.165, 1.54) is 6.33 Å². The molecule has 0 saturated heterocycles. The van der Waals surface area contributed by atoms with E-state index in [4.69, 9.17) is 21.5 Å². The standard InChI is InChI=1S/C20H25N4O.C3H5N2.Os/c1-20(2)10-12-9-15(25-14-5-3-13(21)4-6-14)7-8-16(12)18-17(20)19(22)24-11-23-18;1-5-3-2-4;/h7-8,11,13-14H,3-6,10,21H2,1-2H3,(H2,22,23,24);3H2,1H3;/q2*-1;+1. The Morgan fingerprint density at radius 3 is 2.58 bits per heavy atom. The Morgan fingerprint density at radius 1 is 1.26 bits per heavy atom. The maximum Gasteiger partial charge on any atom is 1.00 e. The number of nitrogens with two attached hydrogens (primary N) is 2. The normalized spacial score (nSPS) is 20.6. The maximum atomic E-state index is 7.72. The molecule has 0 spiro atoms. The van der Waals surface area contributed by atoms with Crippen LogP contribution in [0.4, 0.5) is 5.82 Å². The van der Waals surface area contributed by atoms with Gasteiger partial charge in [0.05, 0.1) is 6.10 Å². The molecule has 1 aromatic heterocycles. The zero-order valence-electron chi connectivity index (χ0n) is 18.3. The minimum Gasteiger partial charge on any atom is -0.653 e. The Labute approximate surface area is 198 Å². The van der Waals surface area contributed by atoms with Crippen molar-refractivity contribution >= 4 is 5.82 Å². The molecule has 4 rings (SSSR count). The summed E-state index contributed by atoms with van der Waals surface area (Å²) in [4.78, 5) is 8.69. The minimum absolute atomic E-state index is 0. The number of hydrogen-bond donors (Lipinski definition) is 2. The molecule has 0 unspecified atom stereocenters. The van der Waals surface area contributed by atoms with Crippen molar-refractivity contribution in [2.75, 3.05) is 19.3 Å². The Morgan fingerprint density at radius 2 is 1.97 bits per heavy atom. The smallest absolute Gasteiger partial charge is 0.653 e. The largest absolute Gasteiger partial charge is 1.00 e. The first kappa shape index (κ1) is 25.2. The van der Waals surface area contributed by atoms with Crippen LogP contribution in [-0.2, 0) is 31.6 Å². The summed E-state index contributed by atoms with van der Waals surface area (Å²) in [5, 5.41) is 11.2. The number of nitrogens with zero attached hydrogens (tertiary/aromatic N) is 4. The molecule has 31 heavy (non-hydrogen) atoms. The molecule has 2 aromatic rings. The number of nitrogen functional groups attached to an aromatic ring is 1. The summed E-state index contributed by atoms with van der Waals surface area (Å²) in [6.45, 7) is 4.68. The number of ether oxygens (including phenoxy) is 1. The van der Waals surface area contributed by atoms with Crippen molar-refractivity contribution in [3.8, 4) is 23.1 Å². The molecule has 1 heterocycles. The quantitative estimate of drug-likeness (QED) is 0.413. The van der Waals surface area contributed by atoms with Gasteiger partial charge in [-0.1, -0.05) is 20.4 Å². The van der Waals surface area contributed by atoms with E-state index in [0.29, 0.717) is 18.4 Å². The fourth-order valence-corrected chi connectivity index (χ4v) is 4.21. The molecule has 2 aliphatic carbocycles. The van der Waals surface area contributed by atoms with Crippen molar-refractivity contribution in [3.05, 3.63) is 41.0 Å². The van der Waals surface area contributed by atoms with Gasteiger partial charge in [0.15, 0.2) is 0 Å². The van der Waals surface area contributed by atoms with E-state index in [-0.39, 0.29) is 31.3 Å². The van der Waals surface area contributed by atoms with Crippen LogP contribution in [0.3, 0.4) is 0 Å². The van der Waals surface area contributed by atoms with E-state index < -0.39 is 0 Å². The van der Waals surface area contributed by atoms with Gasteiger partial charge >= 0.3 is 19.8 Å². The Bertz CT molecular complexity index is 919. The molecule has 0 aliphatic heterocycles. The van der Waals surface area contributed by atoms with Crippen LogP contribution in [-0.4, -0.2) is 35.7 Å². The average molecular weight is 597 g/mol. The fourth-order valence-electron chi connectivity index (χ4n) is 4.21. The predicted molar refractivity (Wildman–Crippen MR) is 118 cm³/mol. The van der Waals surface area contributed by atoms with Gasteiger partial charge in [0.1, 0.15) is 12.1 Å². The molecule has 8 heteroatoms. The molecule has 1 fully saturated rings. The second-order valence-electron chi connectivity index (χ2n) is 8.55. The molecular formula is C23H30N6OOs-. The average Bonchev–Trinajstić information content (AvgIpc) is 2.70. The minimum atomic E-state index is -0.125. The first-order valence-electron chi connectivity index (χ1n) is 10.4. The zero-order chi connectivity index (χ0) is 21.7. The third kappa shape index (κ3) is 6.01. The van der Waals surface area contributed by atoms with Crippen LogP contribution in [0.5, 0.6) is 5.75 Å². The number of hydrogen-bond acceptors (Lipinski definition) is 6. The topological polar surface area (TPSA) is 125 Å². The second-order valence-corrected chi connectivity index (χ2v) is 8.55. The van der Waals surface area contributed by atoms with Crippen molar-refractivity contribution in [1.29, 1.82) is 5.26 Å². The third-order valence-corrected chi connectivity index (χ3v) is 5.67. The fraction of sp³-hybridized carbons (Fsp3) is 0.522. The first-order chi connectivity index (χ1) is 14.4. The van der Waals surface area contributed by atoms with Crippen LogP contribution in [0.2, 0.25) is 0 Å². The van der Waals surface area contributed by atoms with Crippen LogP contribution >= 0.6 is 0 Å². The summed E-state index contributed by atoms with van der Waals surface area (Å²) in [5.41, 5.74) is 16.2. The maximum absolute atomic E-state index is 7.72. The van der Waals surface area contributed by atoms with Gasteiger partial charge in [-0.3, -0.25) is 0 Å². The summed E-state index contributed by atoms with van der Waals surface area (Å²) in [6.07, 6.45) is 6.73. The number of nitriles is 1. The summed E-state index contributed by atoms with van der Waals surface area (Å²) in [7, 11) is 1.61. The van der Waals surface area contributed by atoms with Gasteiger partial charge in [0.2, 0.25) is 0 Å². The molecule has 4 N–H and O–H groups in total. The Kier molecular flexibility index (Phi) is 8.95. The molecule has 7 nitrogen and oxygen atoms in total. The van der Waals surface area contributed by atoms with E-state index in [1.807, 2.05) is 12.1 Å². The third-order valence-electron chi connectivity index (χ3n) is 5.67. The molecule has 0 bridgehead atoms. The van der Waals surface area contributed by atoms with Gasteiger partial charge in [-0.25, -0.2) is 15.2 Å². The number of rotatable bonds is 3. The first-order valence-corrected chi connectivity index (χ1v) is 10.4. The molecule has 0 atom stereocenters. The van der Waals surface area contributed by atoms with Crippen LogP contribution in [0.25, 0.3) is 16.6 Å². The molecule has 1 radical (unpaired) electrons. The summed E-state index contributed by atoms with van der Waals surface area (Å²) >= 11 is 0. The van der Waals surface area contributed by atoms with Crippen LogP contribution in [0.15, 0.2) is 18.5 Å². The molecule has 0 amide bonds. The zero-order valence-corrected chi connectivity index (χ0v) is 20.9. The van der Waals surface area contributed by atoms with E-state index in [0.717, 1.165) is 60.2 Å². The summed E-state index contributed by atoms with van der Waals surface area (Å²) in [5.74, 6) is 1.39. The Hall–Kier alpha value is -2.05. The van der Waals surface area contributed by atoms with Gasteiger partial charge in [0.25, 0.3) is 0 Å². The van der Waals surface area contributed by atoms with Gasteiger partial charge in [-0.2, -0.15) is 13.1 Å².